The Balaban J connectivity index is 1.50. The molecular formula is C21H18ClN3O4. The quantitative estimate of drug-likeness (QED) is 0.607. The van der Waals surface area contributed by atoms with Crippen molar-refractivity contribution >= 4 is 45.8 Å². The van der Waals surface area contributed by atoms with Gasteiger partial charge >= 0.3 is 5.97 Å². The van der Waals surface area contributed by atoms with Gasteiger partial charge in [0.1, 0.15) is 12.2 Å². The van der Waals surface area contributed by atoms with Crippen LogP contribution in [0.5, 0.6) is 0 Å². The van der Waals surface area contributed by atoms with Gasteiger partial charge in [-0.05, 0) is 42.0 Å². The summed E-state index contributed by atoms with van der Waals surface area (Å²) in [6.07, 6.45) is 0.351. The number of ether oxygens (including phenoxy) is 1. The third-order valence-electron chi connectivity index (χ3n) is 4.04. The van der Waals surface area contributed by atoms with Crippen molar-refractivity contribution in [3.8, 4) is 0 Å². The number of esters is 1. The number of amides is 2. The molecule has 0 aliphatic heterocycles. The molecule has 0 unspecified atom stereocenters. The van der Waals surface area contributed by atoms with E-state index in [1.165, 1.54) is 25.3 Å². The summed E-state index contributed by atoms with van der Waals surface area (Å²) in [7, 11) is 0. The average molecular weight is 412 g/mol. The molecule has 0 aliphatic carbocycles. The van der Waals surface area contributed by atoms with E-state index in [9.17, 15) is 14.4 Å². The van der Waals surface area contributed by atoms with Gasteiger partial charge in [0.25, 0.3) is 11.8 Å². The summed E-state index contributed by atoms with van der Waals surface area (Å²) in [6.45, 7) is 1.05. The molecule has 1 atom stereocenters. The van der Waals surface area contributed by atoms with Gasteiger partial charge in [-0.1, -0.05) is 41.9 Å². The smallest absolute Gasteiger partial charge is 0.326 e. The van der Waals surface area contributed by atoms with Crippen molar-refractivity contribution in [1.82, 2.24) is 10.3 Å². The molecule has 8 heteroatoms. The summed E-state index contributed by atoms with van der Waals surface area (Å²) >= 11 is 5.80. The number of hydrogen-bond acceptors (Lipinski definition) is 5. The van der Waals surface area contributed by atoms with Gasteiger partial charge in [0.2, 0.25) is 0 Å². The van der Waals surface area contributed by atoms with Crippen LogP contribution in [0.15, 0.2) is 60.8 Å². The average Bonchev–Trinajstić information content (AvgIpc) is 2.71. The van der Waals surface area contributed by atoms with Gasteiger partial charge in [0, 0.05) is 16.9 Å². The van der Waals surface area contributed by atoms with Gasteiger partial charge in [0.15, 0.2) is 6.10 Å². The first kappa shape index (κ1) is 20.3. The van der Waals surface area contributed by atoms with Crippen LogP contribution in [-0.4, -0.2) is 35.4 Å². The Kier molecular flexibility index (Phi) is 6.41. The van der Waals surface area contributed by atoms with Crippen molar-refractivity contribution < 1.29 is 19.1 Å². The maximum Gasteiger partial charge on any atom is 0.326 e. The van der Waals surface area contributed by atoms with E-state index in [2.05, 4.69) is 15.6 Å². The number of halogens is 1. The van der Waals surface area contributed by atoms with Crippen molar-refractivity contribution in [3.05, 3.63) is 71.5 Å². The van der Waals surface area contributed by atoms with E-state index in [1.807, 2.05) is 36.4 Å². The Hall–Kier alpha value is -3.45. The number of pyridine rings is 1. The number of carbonyl (C=O) groups is 3. The minimum atomic E-state index is -1.03. The fourth-order valence-corrected chi connectivity index (χ4v) is 2.73. The van der Waals surface area contributed by atoms with Gasteiger partial charge in [-0.15, -0.1) is 0 Å². The van der Waals surface area contributed by atoms with Crippen LogP contribution in [0.25, 0.3) is 10.8 Å². The maximum atomic E-state index is 12.3. The minimum absolute atomic E-state index is 0.0763. The summed E-state index contributed by atoms with van der Waals surface area (Å²) in [5.74, 6) is -1.80. The zero-order chi connectivity index (χ0) is 20.8. The van der Waals surface area contributed by atoms with Crippen LogP contribution in [0, 0.1) is 0 Å². The standard InChI is InChI=1S/C21H18ClN3O4/c1-13(20(27)25-17-7-6-14-4-2-3-5-15(14)10-17)29-19(26)12-24-21(28)18-11-16(22)8-9-23-18/h2-11,13H,12H2,1H3,(H,24,28)(H,25,27)/t13-/m0/s1. The molecule has 2 amide bonds. The highest BCUT2D eigenvalue weighted by atomic mass is 35.5. The topological polar surface area (TPSA) is 97.4 Å². The second-order valence-electron chi connectivity index (χ2n) is 6.23. The highest BCUT2D eigenvalue weighted by Crippen LogP contribution is 2.19. The van der Waals surface area contributed by atoms with Crippen molar-refractivity contribution in [1.29, 1.82) is 0 Å². The lowest BCUT2D eigenvalue weighted by molar-refractivity contribution is -0.152. The van der Waals surface area contributed by atoms with Gasteiger partial charge in [-0.3, -0.25) is 19.4 Å². The van der Waals surface area contributed by atoms with E-state index < -0.39 is 30.4 Å². The van der Waals surface area contributed by atoms with Crippen molar-refractivity contribution in [2.75, 3.05) is 11.9 Å². The first-order chi connectivity index (χ1) is 13.9. The number of benzene rings is 2. The minimum Gasteiger partial charge on any atom is -0.451 e. The molecule has 0 saturated carbocycles. The summed E-state index contributed by atoms with van der Waals surface area (Å²) in [5.41, 5.74) is 0.671. The Morgan fingerprint density at radius 3 is 2.59 bits per heavy atom. The first-order valence-electron chi connectivity index (χ1n) is 8.81. The molecule has 1 aromatic heterocycles. The first-order valence-corrected chi connectivity index (χ1v) is 9.19. The molecule has 0 aliphatic rings. The van der Waals surface area contributed by atoms with E-state index >= 15 is 0 Å². The van der Waals surface area contributed by atoms with Crippen LogP contribution in [-0.2, 0) is 14.3 Å². The molecule has 3 aromatic rings. The van der Waals surface area contributed by atoms with E-state index in [0.717, 1.165) is 10.8 Å². The number of nitrogens with one attached hydrogen (secondary N) is 2. The van der Waals surface area contributed by atoms with Crippen molar-refractivity contribution in [2.45, 2.75) is 13.0 Å². The predicted octanol–water partition coefficient (Wildman–Crippen LogP) is 3.19. The number of anilines is 1. The lowest BCUT2D eigenvalue weighted by Crippen LogP contribution is -2.36. The summed E-state index contributed by atoms with van der Waals surface area (Å²) in [5, 5.41) is 7.46. The molecule has 3 rings (SSSR count). The van der Waals surface area contributed by atoms with Crippen LogP contribution in [0.4, 0.5) is 5.69 Å². The second kappa shape index (κ2) is 9.16. The summed E-state index contributed by atoms with van der Waals surface area (Å²) in [6, 6.07) is 16.2. The van der Waals surface area contributed by atoms with Crippen molar-refractivity contribution in [3.63, 3.8) is 0 Å². The number of fused-ring (bicyclic) bond motifs is 1. The van der Waals surface area contributed by atoms with E-state index in [1.54, 1.807) is 6.07 Å². The maximum absolute atomic E-state index is 12.3. The monoisotopic (exact) mass is 411 g/mol. The van der Waals surface area contributed by atoms with E-state index in [-0.39, 0.29) is 5.69 Å². The van der Waals surface area contributed by atoms with Crippen LogP contribution in [0.2, 0.25) is 5.02 Å². The number of aromatic nitrogens is 1. The summed E-state index contributed by atoms with van der Waals surface area (Å²) < 4.78 is 5.07. The third-order valence-corrected chi connectivity index (χ3v) is 4.28. The van der Waals surface area contributed by atoms with Gasteiger partial charge in [-0.25, -0.2) is 0 Å². The normalized spacial score (nSPS) is 11.5. The molecule has 29 heavy (non-hydrogen) atoms. The molecule has 148 valence electrons. The molecular weight excluding hydrogens is 394 g/mol. The Morgan fingerprint density at radius 1 is 1.07 bits per heavy atom. The second-order valence-corrected chi connectivity index (χ2v) is 6.66. The van der Waals surface area contributed by atoms with E-state index in [4.69, 9.17) is 16.3 Å². The molecule has 0 fully saturated rings. The SMILES string of the molecule is C[C@H](OC(=O)CNC(=O)c1cc(Cl)ccn1)C(=O)Nc1ccc2ccccc2c1. The highest BCUT2D eigenvalue weighted by Gasteiger charge is 2.19. The molecule has 0 bridgehead atoms. The van der Waals surface area contributed by atoms with Crippen LogP contribution < -0.4 is 10.6 Å². The number of nitrogens with zero attached hydrogens (tertiary/aromatic N) is 1. The molecule has 0 radical (unpaired) electrons. The van der Waals surface area contributed by atoms with Gasteiger partial charge < -0.3 is 15.4 Å². The fourth-order valence-electron chi connectivity index (χ4n) is 2.58. The zero-order valence-electron chi connectivity index (χ0n) is 15.5. The molecule has 2 N–H and O–H groups in total. The Bertz CT molecular complexity index is 1070. The predicted molar refractivity (Wildman–Crippen MR) is 110 cm³/mol. The number of carbonyl (C=O) groups excluding carboxylic acids is 3. The van der Waals surface area contributed by atoms with Crippen LogP contribution in [0.1, 0.15) is 17.4 Å². The van der Waals surface area contributed by atoms with E-state index in [0.29, 0.717) is 10.7 Å². The van der Waals surface area contributed by atoms with Crippen LogP contribution in [0.3, 0.4) is 0 Å². The highest BCUT2D eigenvalue weighted by molar-refractivity contribution is 6.30. The molecule has 2 aromatic carbocycles. The molecule has 7 nitrogen and oxygen atoms in total. The van der Waals surface area contributed by atoms with Crippen molar-refractivity contribution in [2.24, 2.45) is 0 Å². The van der Waals surface area contributed by atoms with Crippen LogP contribution >= 0.6 is 11.6 Å². The molecule has 0 saturated heterocycles. The molecule has 1 heterocycles. The lowest BCUT2D eigenvalue weighted by Gasteiger charge is -2.14. The lowest BCUT2D eigenvalue weighted by atomic mass is 10.1. The van der Waals surface area contributed by atoms with Gasteiger partial charge in [0.05, 0.1) is 0 Å². The van der Waals surface area contributed by atoms with Gasteiger partial charge in [-0.2, -0.15) is 0 Å². The Labute approximate surface area is 172 Å². The largest absolute Gasteiger partial charge is 0.451 e. The third kappa shape index (κ3) is 5.52. The number of hydrogen-bond donors (Lipinski definition) is 2. The zero-order valence-corrected chi connectivity index (χ0v) is 16.3. The Morgan fingerprint density at radius 2 is 1.83 bits per heavy atom. The number of rotatable bonds is 6. The molecule has 0 spiro atoms. The summed E-state index contributed by atoms with van der Waals surface area (Å²) in [4.78, 5) is 40.0. The fraction of sp³-hybridized carbons (Fsp3) is 0.143.